The van der Waals surface area contributed by atoms with Crippen LogP contribution in [0, 0.1) is 0 Å². The van der Waals surface area contributed by atoms with Crippen LogP contribution in [0.1, 0.15) is 35.2 Å². The Labute approximate surface area is 166 Å². The summed E-state index contributed by atoms with van der Waals surface area (Å²) in [6.45, 7) is 2.72. The second-order valence-electron chi connectivity index (χ2n) is 7.13. The molecule has 140 valence electrons. The Morgan fingerprint density at radius 2 is 1.21 bits per heavy atom. The summed E-state index contributed by atoms with van der Waals surface area (Å²) < 4.78 is 2.30. The van der Waals surface area contributed by atoms with E-state index in [1.807, 2.05) is 12.5 Å². The van der Waals surface area contributed by atoms with E-state index in [1.165, 1.54) is 16.7 Å². The largest absolute Gasteiger partial charge is 0.330 e. The van der Waals surface area contributed by atoms with Crippen LogP contribution in [0.25, 0.3) is 0 Å². The van der Waals surface area contributed by atoms with Crippen molar-refractivity contribution in [2.24, 2.45) is 5.73 Å². The molecule has 0 radical (unpaired) electrons. The first kappa shape index (κ1) is 18.2. The van der Waals surface area contributed by atoms with Gasteiger partial charge < -0.3 is 10.3 Å². The highest BCUT2D eigenvalue weighted by Crippen LogP contribution is 2.42. The summed E-state index contributed by atoms with van der Waals surface area (Å²) >= 11 is 0. The summed E-state index contributed by atoms with van der Waals surface area (Å²) in [5.74, 6) is 0.193. The first-order valence-corrected chi connectivity index (χ1v) is 9.68. The second-order valence-corrected chi connectivity index (χ2v) is 7.13. The molecule has 1 unspecified atom stereocenters. The lowest BCUT2D eigenvalue weighted by molar-refractivity contribution is 0.482. The average Bonchev–Trinajstić information content (AvgIpc) is 3.26. The van der Waals surface area contributed by atoms with Gasteiger partial charge in [0.2, 0.25) is 0 Å². The number of benzene rings is 3. The van der Waals surface area contributed by atoms with E-state index in [9.17, 15) is 0 Å². The van der Waals surface area contributed by atoms with Crippen LogP contribution in [0.15, 0.2) is 104 Å². The van der Waals surface area contributed by atoms with E-state index in [0.29, 0.717) is 6.54 Å². The maximum absolute atomic E-state index is 6.05. The van der Waals surface area contributed by atoms with Gasteiger partial charge in [0.05, 0.1) is 6.33 Å². The van der Waals surface area contributed by atoms with Gasteiger partial charge >= 0.3 is 0 Å². The molecule has 0 spiro atoms. The summed E-state index contributed by atoms with van der Waals surface area (Å²) in [6.07, 6.45) is 3.88. The molecule has 2 N–H and O–H groups in total. The Hall–Kier alpha value is -3.17. The Morgan fingerprint density at radius 1 is 0.786 bits per heavy atom. The molecule has 0 saturated heterocycles. The summed E-state index contributed by atoms with van der Waals surface area (Å²) in [7, 11) is 0. The molecular formula is C25H25N3. The molecule has 28 heavy (non-hydrogen) atoms. The number of rotatable bonds is 6. The lowest BCUT2D eigenvalue weighted by atomic mass is 9.76. The first-order valence-electron chi connectivity index (χ1n) is 9.68. The topological polar surface area (TPSA) is 43.8 Å². The highest BCUT2D eigenvalue weighted by atomic mass is 15.1. The van der Waals surface area contributed by atoms with Crippen LogP contribution in [0.3, 0.4) is 0 Å². The zero-order valence-electron chi connectivity index (χ0n) is 16.1. The van der Waals surface area contributed by atoms with Crippen LogP contribution < -0.4 is 5.73 Å². The summed E-state index contributed by atoms with van der Waals surface area (Å²) in [5, 5.41) is 0. The summed E-state index contributed by atoms with van der Waals surface area (Å²) in [6, 6.07) is 31.9. The number of imidazole rings is 1. The molecule has 3 aromatic carbocycles. The van der Waals surface area contributed by atoms with Gasteiger partial charge in [0.1, 0.15) is 5.54 Å². The SMILES string of the molecule is CC(CN)c1cncn1C(c1ccccc1)(c1ccccc1)c1ccccc1. The van der Waals surface area contributed by atoms with Gasteiger partial charge in [-0.05, 0) is 16.7 Å². The summed E-state index contributed by atoms with van der Waals surface area (Å²) in [4.78, 5) is 4.54. The van der Waals surface area contributed by atoms with Crippen LogP contribution >= 0.6 is 0 Å². The monoisotopic (exact) mass is 367 g/mol. The average molecular weight is 367 g/mol. The van der Waals surface area contributed by atoms with Crippen LogP contribution in [0.2, 0.25) is 0 Å². The minimum Gasteiger partial charge on any atom is -0.330 e. The Balaban J connectivity index is 2.13. The molecule has 0 aliphatic carbocycles. The molecular weight excluding hydrogens is 342 g/mol. The Morgan fingerprint density at radius 3 is 1.61 bits per heavy atom. The van der Waals surface area contributed by atoms with Gasteiger partial charge in [-0.15, -0.1) is 0 Å². The van der Waals surface area contributed by atoms with Crippen LogP contribution in [-0.2, 0) is 5.54 Å². The van der Waals surface area contributed by atoms with Gasteiger partial charge in [0.15, 0.2) is 0 Å². The van der Waals surface area contributed by atoms with Gasteiger partial charge in [0.25, 0.3) is 0 Å². The zero-order chi connectivity index (χ0) is 19.4. The van der Waals surface area contributed by atoms with E-state index in [0.717, 1.165) is 5.69 Å². The van der Waals surface area contributed by atoms with Crippen molar-refractivity contribution < 1.29 is 0 Å². The van der Waals surface area contributed by atoms with Crippen molar-refractivity contribution in [2.45, 2.75) is 18.4 Å². The fraction of sp³-hybridized carbons (Fsp3) is 0.160. The van der Waals surface area contributed by atoms with Crippen molar-refractivity contribution in [1.29, 1.82) is 0 Å². The lowest BCUT2D eigenvalue weighted by Crippen LogP contribution is -2.39. The molecule has 4 rings (SSSR count). The van der Waals surface area contributed by atoms with E-state index >= 15 is 0 Å². The van der Waals surface area contributed by atoms with Crippen molar-refractivity contribution in [3.05, 3.63) is 126 Å². The van der Waals surface area contributed by atoms with E-state index in [4.69, 9.17) is 5.73 Å². The number of nitrogens with zero attached hydrogens (tertiary/aromatic N) is 2. The number of hydrogen-bond acceptors (Lipinski definition) is 2. The van der Waals surface area contributed by atoms with Crippen LogP contribution in [0.4, 0.5) is 0 Å². The van der Waals surface area contributed by atoms with E-state index in [-0.39, 0.29) is 5.92 Å². The van der Waals surface area contributed by atoms with Gasteiger partial charge in [-0.1, -0.05) is 97.9 Å². The van der Waals surface area contributed by atoms with Crippen molar-refractivity contribution in [1.82, 2.24) is 9.55 Å². The maximum atomic E-state index is 6.05. The molecule has 3 nitrogen and oxygen atoms in total. The molecule has 0 aliphatic heterocycles. The molecule has 0 saturated carbocycles. The summed E-state index contributed by atoms with van der Waals surface area (Å²) in [5.41, 5.74) is 10.2. The lowest BCUT2D eigenvalue weighted by Gasteiger charge is -2.39. The van der Waals surface area contributed by atoms with E-state index in [1.54, 1.807) is 0 Å². The highest BCUT2D eigenvalue weighted by Gasteiger charge is 2.39. The Kier molecular flexibility index (Phi) is 5.09. The molecule has 1 atom stereocenters. The van der Waals surface area contributed by atoms with Crippen LogP contribution in [-0.4, -0.2) is 16.1 Å². The molecule has 1 heterocycles. The Bertz CT molecular complexity index is 911. The third kappa shape index (κ3) is 2.94. The molecule has 0 amide bonds. The second kappa shape index (κ2) is 7.83. The van der Waals surface area contributed by atoms with Crippen molar-refractivity contribution >= 4 is 0 Å². The van der Waals surface area contributed by atoms with Crippen molar-refractivity contribution in [2.75, 3.05) is 6.54 Å². The van der Waals surface area contributed by atoms with E-state index in [2.05, 4.69) is 107 Å². The third-order valence-electron chi connectivity index (χ3n) is 5.46. The molecule has 0 aliphatic rings. The quantitative estimate of drug-likeness (QED) is 0.498. The zero-order valence-corrected chi connectivity index (χ0v) is 16.1. The highest BCUT2D eigenvalue weighted by molar-refractivity contribution is 5.51. The fourth-order valence-electron chi connectivity index (χ4n) is 4.03. The first-order chi connectivity index (χ1) is 13.8. The van der Waals surface area contributed by atoms with Crippen molar-refractivity contribution in [3.63, 3.8) is 0 Å². The van der Waals surface area contributed by atoms with Crippen LogP contribution in [0.5, 0.6) is 0 Å². The van der Waals surface area contributed by atoms with Gasteiger partial charge in [-0.25, -0.2) is 4.98 Å². The molecule has 4 aromatic rings. The molecule has 3 heteroatoms. The smallest absolute Gasteiger partial charge is 0.121 e. The minimum atomic E-state index is -0.529. The number of hydrogen-bond donors (Lipinski definition) is 1. The van der Waals surface area contributed by atoms with Gasteiger partial charge in [-0.3, -0.25) is 0 Å². The van der Waals surface area contributed by atoms with Gasteiger partial charge in [-0.2, -0.15) is 0 Å². The van der Waals surface area contributed by atoms with E-state index < -0.39 is 5.54 Å². The molecule has 0 fully saturated rings. The normalized spacial score (nSPS) is 12.6. The predicted octanol–water partition coefficient (Wildman–Crippen LogP) is 4.79. The fourth-order valence-corrected chi connectivity index (χ4v) is 4.03. The molecule has 0 bridgehead atoms. The minimum absolute atomic E-state index is 0.193. The third-order valence-corrected chi connectivity index (χ3v) is 5.46. The molecule has 1 aromatic heterocycles. The number of aromatic nitrogens is 2. The van der Waals surface area contributed by atoms with Gasteiger partial charge in [0, 0.05) is 24.4 Å². The maximum Gasteiger partial charge on any atom is 0.121 e. The standard InChI is InChI=1S/C25H25N3/c1-20(17-26)24-18-27-19-28(24)25(21-11-5-2-6-12-21,22-13-7-3-8-14-22)23-15-9-4-10-16-23/h2-16,18-20H,17,26H2,1H3. The van der Waals surface area contributed by atoms with Crippen molar-refractivity contribution in [3.8, 4) is 0 Å². The predicted molar refractivity (Wildman–Crippen MR) is 114 cm³/mol. The number of nitrogens with two attached hydrogens (primary N) is 1.